The monoisotopic (exact) mass is 694 g/mol. The summed E-state index contributed by atoms with van der Waals surface area (Å²) in [5, 5.41) is 20.0. The van der Waals surface area contributed by atoms with Gasteiger partial charge in [0.25, 0.3) is 5.91 Å². The van der Waals surface area contributed by atoms with Crippen LogP contribution < -0.4 is 16.0 Å². The van der Waals surface area contributed by atoms with Crippen molar-refractivity contribution in [1.29, 1.82) is 0 Å². The quantitative estimate of drug-likeness (QED) is 0.0772. The van der Waals surface area contributed by atoms with Gasteiger partial charge in [0, 0.05) is 35.5 Å². The Kier molecular flexibility index (Phi) is 13.2. The Morgan fingerprint density at radius 2 is 1.59 bits per heavy atom. The number of aromatic hydroxyl groups is 1. The molecule has 2 unspecified atom stereocenters. The SMILES string of the molecule is C#CCOC(=O)C(NC(=O)OC(C)(C)C)C(CCCNC(=O)OC(C)(C)C)c1ccc2nc(C(=O)NCc3ccc(Cl)cc3)cc(O)c2c1. The lowest BCUT2D eigenvalue weighted by Crippen LogP contribution is -2.47. The molecule has 49 heavy (non-hydrogen) atoms. The number of pyridine rings is 1. The summed E-state index contributed by atoms with van der Waals surface area (Å²) in [7, 11) is 0. The average molecular weight is 695 g/mol. The molecule has 0 aliphatic heterocycles. The van der Waals surface area contributed by atoms with Crippen LogP contribution in [0.1, 0.15) is 81.9 Å². The second-order valence-electron chi connectivity index (χ2n) is 13.2. The van der Waals surface area contributed by atoms with Gasteiger partial charge in [0.15, 0.2) is 6.61 Å². The zero-order chi connectivity index (χ0) is 36.4. The van der Waals surface area contributed by atoms with Gasteiger partial charge < -0.3 is 35.3 Å². The Bertz CT molecular complexity index is 1690. The number of esters is 1. The van der Waals surface area contributed by atoms with Crippen molar-refractivity contribution in [2.24, 2.45) is 0 Å². The van der Waals surface area contributed by atoms with E-state index < -0.39 is 47.2 Å². The number of fused-ring (bicyclic) bond motifs is 1. The van der Waals surface area contributed by atoms with Crippen LogP contribution in [0.2, 0.25) is 5.02 Å². The summed E-state index contributed by atoms with van der Waals surface area (Å²) in [6.07, 6.45) is 4.48. The summed E-state index contributed by atoms with van der Waals surface area (Å²) in [4.78, 5) is 55.8. The van der Waals surface area contributed by atoms with Crippen LogP contribution in [0.4, 0.5) is 9.59 Å². The predicted molar refractivity (Wildman–Crippen MR) is 185 cm³/mol. The molecule has 12 nitrogen and oxygen atoms in total. The van der Waals surface area contributed by atoms with Crippen molar-refractivity contribution in [2.75, 3.05) is 13.2 Å². The fourth-order valence-electron chi connectivity index (χ4n) is 4.76. The highest BCUT2D eigenvalue weighted by molar-refractivity contribution is 6.30. The molecule has 0 bridgehead atoms. The molecule has 13 heteroatoms. The second-order valence-corrected chi connectivity index (χ2v) is 13.7. The molecule has 2 atom stereocenters. The van der Waals surface area contributed by atoms with E-state index >= 15 is 0 Å². The lowest BCUT2D eigenvalue weighted by molar-refractivity contribution is -0.145. The Labute approximate surface area is 291 Å². The molecule has 0 radical (unpaired) electrons. The lowest BCUT2D eigenvalue weighted by atomic mass is 9.86. The molecule has 0 saturated carbocycles. The number of amides is 3. The average Bonchev–Trinajstić information content (AvgIpc) is 3.00. The van der Waals surface area contributed by atoms with E-state index in [1.54, 1.807) is 84.0 Å². The van der Waals surface area contributed by atoms with Gasteiger partial charge in [-0.2, -0.15) is 0 Å². The van der Waals surface area contributed by atoms with Crippen molar-refractivity contribution in [3.63, 3.8) is 0 Å². The first-order chi connectivity index (χ1) is 23.0. The highest BCUT2D eigenvalue weighted by Crippen LogP contribution is 2.32. The van der Waals surface area contributed by atoms with E-state index in [-0.39, 0.29) is 37.6 Å². The van der Waals surface area contributed by atoms with Gasteiger partial charge in [-0.25, -0.2) is 19.4 Å². The van der Waals surface area contributed by atoms with E-state index in [0.29, 0.717) is 27.9 Å². The molecule has 2 aromatic carbocycles. The first-order valence-electron chi connectivity index (χ1n) is 15.7. The number of ether oxygens (including phenoxy) is 3. The smallest absolute Gasteiger partial charge is 0.408 e. The van der Waals surface area contributed by atoms with Gasteiger partial charge in [0.1, 0.15) is 28.7 Å². The van der Waals surface area contributed by atoms with Gasteiger partial charge in [-0.3, -0.25) is 4.79 Å². The van der Waals surface area contributed by atoms with Crippen molar-refractivity contribution in [3.8, 4) is 18.1 Å². The lowest BCUT2D eigenvalue weighted by Gasteiger charge is -2.29. The summed E-state index contributed by atoms with van der Waals surface area (Å²) in [6.45, 7) is 10.4. The molecule has 0 aliphatic carbocycles. The second kappa shape index (κ2) is 16.9. The molecule has 0 fully saturated rings. The van der Waals surface area contributed by atoms with Crippen molar-refractivity contribution in [2.45, 2.75) is 84.1 Å². The summed E-state index contributed by atoms with van der Waals surface area (Å²) >= 11 is 5.93. The van der Waals surface area contributed by atoms with Crippen LogP contribution >= 0.6 is 11.6 Å². The third kappa shape index (κ3) is 12.5. The fourth-order valence-corrected chi connectivity index (χ4v) is 4.89. The van der Waals surface area contributed by atoms with Crippen LogP contribution in [-0.2, 0) is 25.5 Å². The Morgan fingerprint density at radius 1 is 0.939 bits per heavy atom. The Morgan fingerprint density at radius 3 is 2.22 bits per heavy atom. The van der Waals surface area contributed by atoms with Crippen LogP contribution in [0.25, 0.3) is 10.9 Å². The standard InChI is InChI=1S/C36H43ClN4O8/c1-8-18-47-32(44)30(41-34(46)49-36(5,6)7)25(10-9-17-38-33(45)48-35(2,3)4)23-13-16-27-26(19-23)29(42)20-28(40-27)31(43)39-21-22-11-14-24(37)15-12-22/h1,11-16,19-20,25,30H,9-10,17-18,21H2,2-7H3,(H,38,45)(H,39,43)(H,40,42)(H,41,46). The number of halogens is 1. The van der Waals surface area contributed by atoms with Crippen LogP contribution in [0.3, 0.4) is 0 Å². The Hall–Kier alpha value is -5.02. The third-order valence-electron chi connectivity index (χ3n) is 6.82. The summed E-state index contributed by atoms with van der Waals surface area (Å²) in [5.41, 5.74) is 0.129. The molecule has 4 N–H and O–H groups in total. The zero-order valence-corrected chi connectivity index (χ0v) is 29.3. The minimum atomic E-state index is -1.27. The maximum atomic E-state index is 13.4. The largest absolute Gasteiger partial charge is 0.507 e. The Balaban J connectivity index is 1.93. The van der Waals surface area contributed by atoms with E-state index in [4.69, 9.17) is 32.2 Å². The van der Waals surface area contributed by atoms with Gasteiger partial charge in [0.2, 0.25) is 0 Å². The van der Waals surface area contributed by atoms with E-state index in [1.165, 1.54) is 6.07 Å². The highest BCUT2D eigenvalue weighted by Gasteiger charge is 2.34. The minimum absolute atomic E-state index is 0.00110. The number of terminal acetylenes is 1. The third-order valence-corrected chi connectivity index (χ3v) is 7.08. The van der Waals surface area contributed by atoms with E-state index in [2.05, 4.69) is 26.9 Å². The topological polar surface area (TPSA) is 165 Å². The van der Waals surface area contributed by atoms with Crippen molar-refractivity contribution in [1.82, 2.24) is 20.9 Å². The van der Waals surface area contributed by atoms with E-state index in [0.717, 1.165) is 5.56 Å². The molecule has 3 rings (SSSR count). The highest BCUT2D eigenvalue weighted by atomic mass is 35.5. The van der Waals surface area contributed by atoms with Gasteiger partial charge in [-0.15, -0.1) is 6.42 Å². The van der Waals surface area contributed by atoms with Gasteiger partial charge in [-0.05, 0) is 89.8 Å². The molecule has 262 valence electrons. The number of benzene rings is 2. The number of alkyl carbamates (subject to hydrolysis) is 2. The number of nitrogens with one attached hydrogen (secondary N) is 3. The number of rotatable bonds is 12. The molecule has 3 amide bonds. The van der Waals surface area contributed by atoms with Crippen LogP contribution in [0.5, 0.6) is 5.75 Å². The summed E-state index contributed by atoms with van der Waals surface area (Å²) < 4.78 is 16.0. The van der Waals surface area contributed by atoms with E-state index in [9.17, 15) is 24.3 Å². The number of aromatic nitrogens is 1. The first kappa shape index (κ1) is 38.4. The maximum Gasteiger partial charge on any atom is 0.408 e. The van der Waals surface area contributed by atoms with E-state index in [1.807, 2.05) is 0 Å². The van der Waals surface area contributed by atoms with Crippen molar-refractivity contribution >= 4 is 46.6 Å². The van der Waals surface area contributed by atoms with Gasteiger partial charge in [0.05, 0.1) is 5.52 Å². The molecular formula is C36H43ClN4O8. The summed E-state index contributed by atoms with van der Waals surface area (Å²) in [6, 6.07) is 11.9. The number of carbonyl (C=O) groups excluding carboxylic acids is 4. The number of hydrogen-bond acceptors (Lipinski definition) is 9. The number of nitrogens with zero attached hydrogens (tertiary/aromatic N) is 1. The first-order valence-corrected chi connectivity index (χ1v) is 16.1. The molecule has 1 aromatic heterocycles. The minimum Gasteiger partial charge on any atom is -0.507 e. The molecule has 0 spiro atoms. The number of hydrogen-bond donors (Lipinski definition) is 4. The van der Waals surface area contributed by atoms with Crippen molar-refractivity contribution < 1.29 is 38.5 Å². The van der Waals surface area contributed by atoms with Crippen LogP contribution in [0, 0.1) is 12.3 Å². The predicted octanol–water partition coefficient (Wildman–Crippen LogP) is 5.98. The maximum absolute atomic E-state index is 13.4. The molecular weight excluding hydrogens is 652 g/mol. The normalized spacial score (nSPS) is 12.6. The number of carbonyl (C=O) groups is 4. The van der Waals surface area contributed by atoms with Crippen molar-refractivity contribution in [3.05, 3.63) is 70.4 Å². The van der Waals surface area contributed by atoms with Gasteiger partial charge in [-0.1, -0.05) is 35.7 Å². The summed E-state index contributed by atoms with van der Waals surface area (Å²) in [5.74, 6) is -0.0197. The van der Waals surface area contributed by atoms with Crippen LogP contribution in [-0.4, -0.2) is 64.5 Å². The van der Waals surface area contributed by atoms with Gasteiger partial charge >= 0.3 is 18.2 Å². The molecule has 0 saturated heterocycles. The fraction of sp³-hybridized carbons (Fsp3) is 0.417. The van der Waals surface area contributed by atoms with Crippen LogP contribution in [0.15, 0.2) is 48.5 Å². The molecule has 0 aliphatic rings. The molecule has 3 aromatic rings. The zero-order valence-electron chi connectivity index (χ0n) is 28.5. The molecule has 1 heterocycles.